The number of para-hydroxylation sites is 2. The highest BCUT2D eigenvalue weighted by atomic mass is 16.4. The molecule has 0 aliphatic heterocycles. The number of nitrogens with zero attached hydrogens (tertiary/aromatic N) is 2. The number of carbonyl (C=O) groups is 1. The zero-order valence-electron chi connectivity index (χ0n) is 14.4. The number of hydrogen-bond donors (Lipinski definition) is 1. The maximum absolute atomic E-state index is 11.6. The first-order chi connectivity index (χ1) is 11.3. The first-order valence-electron chi connectivity index (χ1n) is 8.10. The largest absolute Gasteiger partial charge is 0.480 e. The van der Waals surface area contributed by atoms with E-state index < -0.39 is 12.0 Å². The molecule has 1 atom stereocenters. The Morgan fingerprint density at radius 3 is 2.29 bits per heavy atom. The Hall–Kier alpha value is -2.62. The van der Waals surface area contributed by atoms with Crippen LogP contribution in [0.2, 0.25) is 0 Å². The van der Waals surface area contributed by atoms with Crippen LogP contribution in [-0.4, -0.2) is 20.6 Å². The van der Waals surface area contributed by atoms with Crippen LogP contribution in [0, 0.1) is 0 Å². The third-order valence-corrected chi connectivity index (χ3v) is 4.35. The van der Waals surface area contributed by atoms with E-state index in [4.69, 9.17) is 0 Å². The van der Waals surface area contributed by atoms with Crippen LogP contribution in [0.4, 0.5) is 0 Å². The lowest BCUT2D eigenvalue weighted by atomic mass is 9.86. The topological polar surface area (TPSA) is 55.1 Å². The van der Waals surface area contributed by atoms with Gasteiger partial charge in [0.05, 0.1) is 11.0 Å². The van der Waals surface area contributed by atoms with Crippen LogP contribution >= 0.6 is 0 Å². The summed E-state index contributed by atoms with van der Waals surface area (Å²) in [6, 6.07) is 15.2. The van der Waals surface area contributed by atoms with Gasteiger partial charge in [0.1, 0.15) is 11.9 Å². The molecule has 0 aliphatic rings. The summed E-state index contributed by atoms with van der Waals surface area (Å²) < 4.78 is 1.80. The molecule has 0 saturated heterocycles. The Labute approximate surface area is 141 Å². The van der Waals surface area contributed by atoms with Crippen molar-refractivity contribution >= 4 is 17.0 Å². The summed E-state index contributed by atoms with van der Waals surface area (Å²) in [5, 5.41) is 9.49. The highest BCUT2D eigenvalue weighted by Crippen LogP contribution is 2.30. The van der Waals surface area contributed by atoms with E-state index in [1.807, 2.05) is 36.4 Å². The monoisotopic (exact) mass is 322 g/mol. The number of aliphatic carboxylic acids is 1. The van der Waals surface area contributed by atoms with Crippen molar-refractivity contribution in [1.29, 1.82) is 0 Å². The van der Waals surface area contributed by atoms with Crippen LogP contribution in [0.15, 0.2) is 48.5 Å². The lowest BCUT2D eigenvalue weighted by Crippen LogP contribution is -2.16. The molecule has 4 heteroatoms. The number of carboxylic acid groups (broad SMARTS) is 1. The lowest BCUT2D eigenvalue weighted by molar-refractivity contribution is -0.140. The summed E-state index contributed by atoms with van der Waals surface area (Å²) in [7, 11) is 0. The minimum Gasteiger partial charge on any atom is -0.480 e. The molecule has 0 radical (unpaired) electrons. The molecule has 1 N–H and O–H groups in total. The third kappa shape index (κ3) is 2.80. The molecule has 0 aliphatic carbocycles. The van der Waals surface area contributed by atoms with Gasteiger partial charge >= 0.3 is 5.97 Å². The molecular formula is C20H22N2O2. The minimum absolute atomic E-state index is 0.0764. The summed E-state index contributed by atoms with van der Waals surface area (Å²) in [4.78, 5) is 16.2. The number of fused-ring (bicyclic) bond motifs is 1. The number of imidazole rings is 1. The SMILES string of the molecule is CC(C(=O)O)n1c(-c2ccc(C(C)(C)C)cc2)nc2ccccc21. The molecule has 1 heterocycles. The predicted molar refractivity (Wildman–Crippen MR) is 96.2 cm³/mol. The highest BCUT2D eigenvalue weighted by molar-refractivity contribution is 5.84. The van der Waals surface area contributed by atoms with Crippen LogP contribution in [0.1, 0.15) is 39.3 Å². The highest BCUT2D eigenvalue weighted by Gasteiger charge is 2.22. The van der Waals surface area contributed by atoms with Gasteiger partial charge in [0.2, 0.25) is 0 Å². The van der Waals surface area contributed by atoms with Crippen molar-refractivity contribution in [2.24, 2.45) is 0 Å². The van der Waals surface area contributed by atoms with Crippen molar-refractivity contribution in [3.05, 3.63) is 54.1 Å². The summed E-state index contributed by atoms with van der Waals surface area (Å²) >= 11 is 0. The van der Waals surface area contributed by atoms with Crippen molar-refractivity contribution in [2.45, 2.75) is 39.2 Å². The van der Waals surface area contributed by atoms with Crippen LogP contribution < -0.4 is 0 Å². The molecule has 1 unspecified atom stereocenters. The third-order valence-electron chi connectivity index (χ3n) is 4.35. The molecular weight excluding hydrogens is 300 g/mol. The normalized spacial score (nSPS) is 13.2. The quantitative estimate of drug-likeness (QED) is 0.764. The van der Waals surface area contributed by atoms with Gasteiger partial charge in [0.15, 0.2) is 0 Å². The van der Waals surface area contributed by atoms with E-state index >= 15 is 0 Å². The van der Waals surface area contributed by atoms with E-state index in [9.17, 15) is 9.90 Å². The minimum atomic E-state index is -0.870. The fraction of sp³-hybridized carbons (Fsp3) is 0.300. The zero-order chi connectivity index (χ0) is 17.5. The average molecular weight is 322 g/mol. The second-order valence-electron chi connectivity index (χ2n) is 7.14. The van der Waals surface area contributed by atoms with Crippen molar-refractivity contribution in [3.63, 3.8) is 0 Å². The average Bonchev–Trinajstić information content (AvgIpc) is 2.92. The Balaban J connectivity index is 2.18. The van der Waals surface area contributed by atoms with Gasteiger partial charge < -0.3 is 9.67 Å². The molecule has 24 heavy (non-hydrogen) atoms. The van der Waals surface area contributed by atoms with E-state index in [1.54, 1.807) is 11.5 Å². The maximum Gasteiger partial charge on any atom is 0.326 e. The summed E-state index contributed by atoms with van der Waals surface area (Å²) in [6.45, 7) is 8.20. The molecule has 124 valence electrons. The Morgan fingerprint density at radius 2 is 1.71 bits per heavy atom. The predicted octanol–water partition coefficient (Wildman–Crippen LogP) is 4.65. The first kappa shape index (κ1) is 16.2. The molecule has 2 aromatic carbocycles. The number of rotatable bonds is 3. The zero-order valence-corrected chi connectivity index (χ0v) is 14.4. The van der Waals surface area contributed by atoms with Gasteiger partial charge in [0, 0.05) is 5.56 Å². The first-order valence-corrected chi connectivity index (χ1v) is 8.10. The molecule has 0 bridgehead atoms. The molecule has 0 amide bonds. The van der Waals surface area contributed by atoms with E-state index in [1.165, 1.54) is 5.56 Å². The molecule has 1 aromatic heterocycles. The van der Waals surface area contributed by atoms with Gasteiger partial charge in [-0.25, -0.2) is 9.78 Å². The van der Waals surface area contributed by atoms with E-state index in [2.05, 4.69) is 37.9 Å². The maximum atomic E-state index is 11.6. The standard InChI is InChI=1S/C20H22N2O2/c1-13(19(23)24)22-17-8-6-5-7-16(17)21-18(22)14-9-11-15(12-10-14)20(2,3)4/h5-13H,1-4H3,(H,23,24). The van der Waals surface area contributed by atoms with E-state index in [0.29, 0.717) is 5.82 Å². The van der Waals surface area contributed by atoms with Gasteiger partial charge in [-0.1, -0.05) is 57.2 Å². The summed E-state index contributed by atoms with van der Waals surface area (Å²) in [5.41, 5.74) is 3.88. The molecule has 4 nitrogen and oxygen atoms in total. The molecule has 0 saturated carbocycles. The number of carboxylic acids is 1. The van der Waals surface area contributed by atoms with Gasteiger partial charge in [0.25, 0.3) is 0 Å². The second-order valence-corrected chi connectivity index (χ2v) is 7.14. The molecule has 0 spiro atoms. The smallest absolute Gasteiger partial charge is 0.326 e. The summed E-state index contributed by atoms with van der Waals surface area (Å²) in [5.74, 6) is -0.183. The number of aromatic nitrogens is 2. The Kier molecular flexibility index (Phi) is 3.91. The van der Waals surface area contributed by atoms with Crippen LogP contribution in [0.25, 0.3) is 22.4 Å². The van der Waals surface area contributed by atoms with Crippen molar-refractivity contribution in [2.75, 3.05) is 0 Å². The van der Waals surface area contributed by atoms with Crippen LogP contribution in [-0.2, 0) is 10.2 Å². The second kappa shape index (κ2) is 5.78. The fourth-order valence-electron chi connectivity index (χ4n) is 2.87. The number of benzene rings is 2. The lowest BCUT2D eigenvalue weighted by Gasteiger charge is -2.19. The Morgan fingerprint density at radius 1 is 1.08 bits per heavy atom. The fourth-order valence-corrected chi connectivity index (χ4v) is 2.87. The van der Waals surface area contributed by atoms with Crippen molar-refractivity contribution in [3.8, 4) is 11.4 Å². The van der Waals surface area contributed by atoms with Crippen LogP contribution in [0.3, 0.4) is 0 Å². The van der Waals surface area contributed by atoms with Crippen LogP contribution in [0.5, 0.6) is 0 Å². The summed E-state index contributed by atoms with van der Waals surface area (Å²) in [6.07, 6.45) is 0. The van der Waals surface area contributed by atoms with E-state index in [-0.39, 0.29) is 5.41 Å². The van der Waals surface area contributed by atoms with Gasteiger partial charge in [-0.3, -0.25) is 0 Å². The number of hydrogen-bond acceptors (Lipinski definition) is 2. The Bertz CT molecular complexity index is 886. The van der Waals surface area contributed by atoms with Gasteiger partial charge in [-0.2, -0.15) is 0 Å². The van der Waals surface area contributed by atoms with Gasteiger partial charge in [-0.15, -0.1) is 0 Å². The molecule has 3 aromatic rings. The molecule has 3 rings (SSSR count). The molecule has 0 fully saturated rings. The van der Waals surface area contributed by atoms with E-state index in [0.717, 1.165) is 16.6 Å². The van der Waals surface area contributed by atoms with Crippen molar-refractivity contribution in [1.82, 2.24) is 9.55 Å². The van der Waals surface area contributed by atoms with Gasteiger partial charge in [-0.05, 0) is 30.0 Å². The van der Waals surface area contributed by atoms with Crippen molar-refractivity contribution < 1.29 is 9.90 Å².